The number of anilines is 2. The topological polar surface area (TPSA) is 564 Å². The molecule has 7 aliphatic rings. The van der Waals surface area contributed by atoms with E-state index in [1.807, 2.05) is 0 Å². The van der Waals surface area contributed by atoms with E-state index in [0.29, 0.717) is 0 Å². The largest absolute Gasteiger partial charge is 0.480 e. The minimum Gasteiger partial charge on any atom is -0.480 e. The third-order valence-corrected chi connectivity index (χ3v) is 26.4. The number of aryl methyl sites for hydroxylation is 1. The van der Waals surface area contributed by atoms with Gasteiger partial charge >= 0.3 is 18.0 Å². The number of aliphatic hydroxyl groups excluding tert-OH is 4. The highest BCUT2D eigenvalue weighted by Crippen LogP contribution is 2.73. The van der Waals surface area contributed by atoms with Gasteiger partial charge in [0.15, 0.2) is 35.2 Å². The number of rotatable bonds is 41. The number of ether oxygens (including phenoxy) is 6. The lowest BCUT2D eigenvalue weighted by molar-refractivity contribution is -0.271. The van der Waals surface area contributed by atoms with Crippen molar-refractivity contribution in [1.82, 2.24) is 59.2 Å². The number of nitrogens with zero attached hydrogens (tertiary/aromatic N) is 12. The van der Waals surface area contributed by atoms with Gasteiger partial charge in [-0.3, -0.25) is 86.4 Å². The van der Waals surface area contributed by atoms with Crippen LogP contribution in [-0.2, 0) is 118 Å². The van der Waals surface area contributed by atoms with Crippen molar-refractivity contribution in [3.8, 4) is 5.75 Å². The second kappa shape index (κ2) is 45.2. The van der Waals surface area contributed by atoms with Crippen LogP contribution >= 0.6 is 0 Å². The number of likely N-dealkylation sites (N-methyl/N-ethyl adjacent to an activating group) is 10. The van der Waals surface area contributed by atoms with Crippen LogP contribution in [0.3, 0.4) is 0 Å². The molecule has 3 aromatic carbocycles. The van der Waals surface area contributed by atoms with Crippen LogP contribution in [0, 0.1) is 28.5 Å². The minimum atomic E-state index is -2.55. The number of hydrogen-bond acceptors (Lipinski definition) is 29. The number of ketones is 2. The van der Waals surface area contributed by atoms with E-state index in [1.54, 1.807) is 13.8 Å². The highest BCUT2D eigenvalue weighted by molar-refractivity contribution is 6.28. The predicted molar refractivity (Wildman–Crippen MR) is 478 cm³/mol. The Morgan fingerprint density at radius 3 is 1.61 bits per heavy atom. The van der Waals surface area contributed by atoms with Crippen molar-refractivity contribution in [2.24, 2.45) is 22.7 Å². The lowest BCUT2D eigenvalue weighted by atomic mass is 9.44. The molecular formula is C92H115F3N14O31. The fourth-order valence-electron chi connectivity index (χ4n) is 18.1. The van der Waals surface area contributed by atoms with E-state index in [2.05, 4.69) is 10.6 Å². The van der Waals surface area contributed by atoms with E-state index in [9.17, 15) is 116 Å². The minimum absolute atomic E-state index is 0.0707. The summed E-state index contributed by atoms with van der Waals surface area (Å²) in [6.07, 6.45) is -14.4. The number of carbonyl (C=O) groups excluding carboxylic acids is 17. The van der Waals surface area contributed by atoms with Crippen molar-refractivity contribution in [2.45, 2.75) is 133 Å². The Bertz CT molecular complexity index is 5460. The highest BCUT2D eigenvalue weighted by Gasteiger charge is 2.80. The molecule has 140 heavy (non-hydrogen) atoms. The maximum atomic E-state index is 18.3. The highest BCUT2D eigenvalue weighted by atomic mass is 19.1. The average molecular weight is 1970 g/mol. The summed E-state index contributed by atoms with van der Waals surface area (Å²) in [5.41, 5.74) is -8.06. The Morgan fingerprint density at radius 2 is 1.11 bits per heavy atom. The Balaban J connectivity index is 0.712. The number of aliphatic hydroxyl groups is 4. The number of halogens is 3. The molecular weight excluding hydrogens is 1850 g/mol. The first-order valence-electron chi connectivity index (χ1n) is 44.4. The molecule has 3 aromatic rings. The number of allylic oxidation sites excluding steroid dienone is 4. The SMILES string of the molecule is CCN(COCC(=O)[C@@]12O[C@H](c3cccc(F)c3)O[C@@H]1C[C@H]1[C@@H]3C[C@H](F)C4=CC(=O)C=C[C@]4(C)[C@@]3(F)[C@@H](O)C[C@@]12C)C(=O)OCc1ccc(O[C@@H]2O[C@H](C(=O)O)[C@@H](O)[C@H](O)[C@H]2O)c(NC(=O)CCNC(=O)CCc2ccc(N3C(=O)C=CC3=O)cc2C(=O)N(C)CC(=O)N(C)CC(=O)N(C)CC(=O)N(C)CC(=O)N(C)CC(=O)N(C)CC(=O)N(C)CC(=O)N(C)CC(=O)N(C)CC(=O)N(C)CC(=O)O)c1. The summed E-state index contributed by atoms with van der Waals surface area (Å²) in [5.74, 6) is -18.0. The fraction of sp³-hybridized carbons (Fsp3) is 0.533. The predicted octanol–water partition coefficient (Wildman–Crippen LogP) is -1.83. The summed E-state index contributed by atoms with van der Waals surface area (Å²) in [6.45, 7) is -3.66. The summed E-state index contributed by atoms with van der Waals surface area (Å²) >= 11 is 0. The van der Waals surface area contributed by atoms with Gasteiger partial charge in [0.2, 0.25) is 71.3 Å². The second-order valence-corrected chi connectivity index (χ2v) is 36.1. The Kier molecular flexibility index (Phi) is 35.0. The molecule has 760 valence electrons. The summed E-state index contributed by atoms with van der Waals surface area (Å²) in [7, 11) is 12.5. The zero-order valence-electron chi connectivity index (χ0n) is 79.3. The fourth-order valence-corrected chi connectivity index (χ4v) is 18.1. The number of benzene rings is 3. The number of carbonyl (C=O) groups is 19. The van der Waals surface area contributed by atoms with Crippen LogP contribution in [0.4, 0.5) is 29.3 Å². The number of imide groups is 1. The molecule has 3 heterocycles. The van der Waals surface area contributed by atoms with Gasteiger partial charge in [-0.25, -0.2) is 27.7 Å². The summed E-state index contributed by atoms with van der Waals surface area (Å²) < 4.78 is 85.4. The van der Waals surface area contributed by atoms with Gasteiger partial charge in [-0.05, 0) is 111 Å². The molecule has 8 N–H and O–H groups in total. The number of amides is 15. The van der Waals surface area contributed by atoms with E-state index in [-0.39, 0.29) is 77.3 Å². The number of aliphatic carboxylic acids is 2. The molecule has 3 saturated carbocycles. The zero-order chi connectivity index (χ0) is 104. The van der Waals surface area contributed by atoms with Crippen LogP contribution < -0.4 is 20.3 Å². The van der Waals surface area contributed by atoms with Crippen LogP contribution in [0.15, 0.2) is 96.6 Å². The Morgan fingerprint density at radius 1 is 0.586 bits per heavy atom. The molecule has 0 spiro atoms. The van der Waals surface area contributed by atoms with Crippen LogP contribution in [0.25, 0.3) is 0 Å². The average Bonchev–Trinajstić information content (AvgIpc) is 1.48. The van der Waals surface area contributed by atoms with Crippen molar-refractivity contribution in [3.63, 3.8) is 0 Å². The lowest BCUT2D eigenvalue weighted by Gasteiger charge is -2.63. The van der Waals surface area contributed by atoms with Crippen LogP contribution in [0.5, 0.6) is 5.75 Å². The number of alkyl halides is 2. The first-order chi connectivity index (χ1) is 65.7. The normalized spacial score (nSPS) is 24.5. The van der Waals surface area contributed by atoms with E-state index in [4.69, 9.17) is 33.5 Å². The quantitative estimate of drug-likeness (QED) is 0.0229. The van der Waals surface area contributed by atoms with Gasteiger partial charge in [0.25, 0.3) is 17.7 Å². The van der Waals surface area contributed by atoms with Crippen LogP contribution in [0.2, 0.25) is 0 Å². The standard InChI is InChI=1S/C92H115F3N14O31/c1-14-108(49-135-48-64(112)92-65(138-86(140-92)52-16-15-17-53(93)31-52)35-57-58-34-60(94)59-33-55(110)26-28-89(59,2)91(58,95)63(111)36-90(57,92)3)88(134)136-47-50-18-22-62(137-87-82(130)80(128)81(129)83(139-87)85(132)133)61(30-50)97-67(114)27-29-96-66(113)23-20-51-19-21-54(109-68(115)24-25-69(109)116)32-56(51)84(131)107(13)45-78(125)105(11)43-76(123)103(9)41-74(121)101(7)39-72(119)99(5)37-70(117)98(4)38-71(118)100(6)40-73(120)102(8)42-75(122)104(10)44-77(124)106(12)46-79(126)127/h15-19,21-22,24-26,28,30-33,57-58,60,63,65,80-83,86-87,111,128-130H,14,20,23,27,29,34-49H2,1-13H3,(H,96,113)(H,97,114)(H,126,127)(H,132,133)/t57-,58-,60-,63-,65+,80-,81-,82+,83-,86+,87+,89-,90-,91-,92+/m0/s1. The Hall–Kier alpha value is -13.5. The molecule has 0 radical (unpaired) electrons. The molecule has 0 aromatic heterocycles. The van der Waals surface area contributed by atoms with Gasteiger partial charge in [-0.15, -0.1) is 0 Å². The Labute approximate surface area is 801 Å². The lowest BCUT2D eigenvalue weighted by Crippen LogP contribution is -2.70. The van der Waals surface area contributed by atoms with E-state index < -0.39 is 312 Å². The van der Waals surface area contributed by atoms with Crippen LogP contribution in [0.1, 0.15) is 86.2 Å². The molecule has 0 unspecified atom stereocenters. The second-order valence-electron chi connectivity index (χ2n) is 36.1. The third-order valence-electron chi connectivity index (χ3n) is 26.4. The number of hydrogen-bond donors (Lipinski definition) is 8. The van der Waals surface area contributed by atoms with Gasteiger partial charge in [0.05, 0.1) is 82.5 Å². The maximum Gasteiger partial charge on any atom is 0.411 e. The molecule has 15 amide bonds. The van der Waals surface area contributed by atoms with Gasteiger partial charge in [0, 0.05) is 136 Å². The van der Waals surface area contributed by atoms with E-state index in [1.165, 1.54) is 138 Å². The number of carboxylic acids is 2. The first kappa shape index (κ1) is 108. The molecule has 0 bridgehead atoms. The molecule has 48 heteroatoms. The molecule has 3 aliphatic heterocycles. The number of Topliss-reactive ketones (excluding diaryl/α,β-unsaturated/α-hetero) is 1. The van der Waals surface area contributed by atoms with E-state index in [0.717, 1.165) is 89.2 Å². The monoisotopic (exact) mass is 1970 g/mol. The van der Waals surface area contributed by atoms with Gasteiger partial charge in [-0.1, -0.05) is 37.3 Å². The van der Waals surface area contributed by atoms with Gasteiger partial charge in [-0.2, -0.15) is 0 Å². The third kappa shape index (κ3) is 24.0. The first-order valence-corrected chi connectivity index (χ1v) is 44.4. The van der Waals surface area contributed by atoms with E-state index >= 15 is 13.6 Å². The van der Waals surface area contributed by atoms with Crippen molar-refractivity contribution >= 4 is 124 Å². The summed E-state index contributed by atoms with van der Waals surface area (Å²) in [6, 6.07) is 12.8. The van der Waals surface area contributed by atoms with Crippen molar-refractivity contribution in [1.29, 1.82) is 0 Å². The van der Waals surface area contributed by atoms with Crippen LogP contribution in [-0.4, -0.2) is 420 Å². The zero-order valence-corrected chi connectivity index (χ0v) is 79.3. The molecule has 5 fully saturated rings. The maximum absolute atomic E-state index is 18.3. The molecule has 45 nitrogen and oxygen atoms in total. The smallest absolute Gasteiger partial charge is 0.411 e. The summed E-state index contributed by atoms with van der Waals surface area (Å²) in [4.78, 5) is 262. The van der Waals surface area contributed by atoms with Gasteiger partial charge in [0.1, 0.15) is 62.5 Å². The number of carboxylic acid groups (broad SMARTS) is 2. The number of nitrogens with one attached hydrogen (secondary N) is 2. The molecule has 15 atom stereocenters. The number of fused-ring (bicyclic) bond motifs is 7. The molecule has 10 rings (SSSR count). The van der Waals surface area contributed by atoms with Crippen molar-refractivity contribution in [3.05, 3.63) is 125 Å². The molecule has 2 saturated heterocycles. The summed E-state index contributed by atoms with van der Waals surface area (Å²) in [5, 5.41) is 68.0. The van der Waals surface area contributed by atoms with Crippen molar-refractivity contribution < 1.29 is 163 Å². The van der Waals surface area contributed by atoms with Gasteiger partial charge < -0.3 is 119 Å². The van der Waals surface area contributed by atoms with Crippen molar-refractivity contribution in [2.75, 3.05) is 173 Å². The molecule has 4 aliphatic carbocycles.